The summed E-state index contributed by atoms with van der Waals surface area (Å²) in [6.45, 7) is 1.57. The van der Waals surface area contributed by atoms with Crippen LogP contribution in [0.3, 0.4) is 0 Å². The monoisotopic (exact) mass is 331 g/mol. The van der Waals surface area contributed by atoms with Crippen LogP contribution in [0, 0.1) is 0 Å². The highest BCUT2D eigenvalue weighted by Crippen LogP contribution is 2.18. The van der Waals surface area contributed by atoms with Crippen molar-refractivity contribution in [1.29, 1.82) is 0 Å². The third-order valence-corrected chi connectivity index (χ3v) is 4.39. The van der Waals surface area contributed by atoms with Gasteiger partial charge in [-0.3, -0.25) is 9.59 Å². The van der Waals surface area contributed by atoms with E-state index in [0.29, 0.717) is 17.7 Å². The molecular weight excluding hydrogens is 302 g/mol. The van der Waals surface area contributed by atoms with E-state index in [1.165, 1.54) is 19.3 Å². The maximum absolute atomic E-state index is 12.4. The fourth-order valence-corrected chi connectivity index (χ4v) is 3.02. The van der Waals surface area contributed by atoms with Crippen LogP contribution in [0.1, 0.15) is 59.2 Å². The fourth-order valence-electron chi connectivity index (χ4n) is 3.02. The molecule has 5 nitrogen and oxygen atoms in total. The van der Waals surface area contributed by atoms with Gasteiger partial charge < -0.3 is 15.5 Å². The molecule has 0 unspecified atom stereocenters. The number of hydrogen-bond donors (Lipinski definition) is 2. The van der Waals surface area contributed by atoms with E-state index in [1.807, 2.05) is 14.1 Å². The first kappa shape index (κ1) is 18.5. The van der Waals surface area contributed by atoms with Crippen LogP contribution < -0.4 is 10.6 Å². The lowest BCUT2D eigenvalue weighted by Gasteiger charge is -2.22. The second kappa shape index (κ2) is 9.42. The van der Waals surface area contributed by atoms with E-state index in [2.05, 4.69) is 15.5 Å². The molecule has 2 N–H and O–H groups in total. The Balaban J connectivity index is 1.87. The fraction of sp³-hybridized carbons (Fsp3) is 0.579. The molecule has 132 valence electrons. The van der Waals surface area contributed by atoms with Gasteiger partial charge in [0.05, 0.1) is 0 Å². The number of nitrogens with one attached hydrogen (secondary N) is 2. The molecule has 0 radical (unpaired) electrons. The Bertz CT molecular complexity index is 551. The van der Waals surface area contributed by atoms with E-state index in [-0.39, 0.29) is 17.9 Å². The number of nitrogens with zero attached hydrogens (tertiary/aromatic N) is 1. The van der Waals surface area contributed by atoms with Crippen LogP contribution in [-0.2, 0) is 0 Å². The maximum atomic E-state index is 12.4. The highest BCUT2D eigenvalue weighted by molar-refractivity contribution is 5.99. The van der Waals surface area contributed by atoms with Crippen molar-refractivity contribution in [1.82, 2.24) is 15.5 Å². The molecule has 0 aromatic heterocycles. The molecule has 0 atom stereocenters. The van der Waals surface area contributed by atoms with E-state index in [0.717, 1.165) is 25.8 Å². The summed E-state index contributed by atoms with van der Waals surface area (Å²) in [6.07, 6.45) is 6.63. The summed E-state index contributed by atoms with van der Waals surface area (Å²) in [7, 11) is 4.02. The summed E-state index contributed by atoms with van der Waals surface area (Å²) in [6, 6.07) is 7.23. The Morgan fingerprint density at radius 2 is 1.75 bits per heavy atom. The van der Waals surface area contributed by atoms with E-state index in [4.69, 9.17) is 0 Å². The van der Waals surface area contributed by atoms with Crippen molar-refractivity contribution in [3.05, 3.63) is 35.4 Å². The van der Waals surface area contributed by atoms with Gasteiger partial charge in [0.15, 0.2) is 0 Å². The summed E-state index contributed by atoms with van der Waals surface area (Å²) in [5.41, 5.74) is 1.10. The molecule has 0 bridgehead atoms. The van der Waals surface area contributed by atoms with Crippen molar-refractivity contribution in [2.45, 2.75) is 44.6 Å². The first-order chi connectivity index (χ1) is 11.6. The van der Waals surface area contributed by atoms with Gasteiger partial charge in [0, 0.05) is 23.7 Å². The second-order valence-electron chi connectivity index (χ2n) is 6.80. The SMILES string of the molecule is CN(C)CCCNC(=O)c1cccc(C(=O)NC2CCCCC2)c1. The highest BCUT2D eigenvalue weighted by Gasteiger charge is 2.17. The van der Waals surface area contributed by atoms with Gasteiger partial charge >= 0.3 is 0 Å². The molecule has 1 aromatic rings. The molecule has 1 aliphatic rings. The van der Waals surface area contributed by atoms with Crippen LogP contribution in [0.15, 0.2) is 24.3 Å². The van der Waals surface area contributed by atoms with Gasteiger partial charge in [0.2, 0.25) is 0 Å². The predicted octanol–water partition coefficient (Wildman–Crippen LogP) is 2.43. The third-order valence-electron chi connectivity index (χ3n) is 4.39. The van der Waals surface area contributed by atoms with Crippen molar-refractivity contribution in [2.75, 3.05) is 27.2 Å². The molecule has 0 spiro atoms. The minimum atomic E-state index is -0.124. The molecule has 2 rings (SSSR count). The zero-order valence-electron chi connectivity index (χ0n) is 14.8. The molecule has 1 aromatic carbocycles. The molecule has 0 heterocycles. The number of rotatable bonds is 7. The van der Waals surface area contributed by atoms with Crippen LogP contribution in [-0.4, -0.2) is 49.9 Å². The van der Waals surface area contributed by atoms with Gasteiger partial charge in [0.25, 0.3) is 11.8 Å². The Morgan fingerprint density at radius 3 is 2.42 bits per heavy atom. The zero-order valence-corrected chi connectivity index (χ0v) is 14.8. The molecule has 5 heteroatoms. The molecule has 2 amide bonds. The van der Waals surface area contributed by atoms with Crippen LogP contribution in [0.5, 0.6) is 0 Å². The Hall–Kier alpha value is -1.88. The lowest BCUT2D eigenvalue weighted by atomic mass is 9.95. The normalized spacial score (nSPS) is 15.3. The van der Waals surface area contributed by atoms with E-state index in [9.17, 15) is 9.59 Å². The smallest absolute Gasteiger partial charge is 0.251 e. The second-order valence-corrected chi connectivity index (χ2v) is 6.80. The lowest BCUT2D eigenvalue weighted by molar-refractivity contribution is 0.0927. The predicted molar refractivity (Wildman–Crippen MR) is 96.3 cm³/mol. The van der Waals surface area contributed by atoms with Crippen molar-refractivity contribution in [3.8, 4) is 0 Å². The summed E-state index contributed by atoms with van der Waals surface area (Å²) in [5, 5.41) is 5.99. The molecular formula is C19H29N3O2. The summed E-state index contributed by atoms with van der Waals surface area (Å²) in [4.78, 5) is 26.7. The standard InChI is InChI=1S/C19H29N3O2/c1-22(2)13-7-12-20-18(23)15-8-6-9-16(14-15)19(24)21-17-10-4-3-5-11-17/h6,8-9,14,17H,3-5,7,10-13H2,1-2H3,(H,20,23)(H,21,24). The van der Waals surface area contributed by atoms with Gasteiger partial charge in [-0.25, -0.2) is 0 Å². The highest BCUT2D eigenvalue weighted by atomic mass is 16.2. The summed E-state index contributed by atoms with van der Waals surface area (Å²) >= 11 is 0. The largest absolute Gasteiger partial charge is 0.352 e. The average Bonchev–Trinajstić information content (AvgIpc) is 2.59. The Morgan fingerprint density at radius 1 is 1.08 bits per heavy atom. The van der Waals surface area contributed by atoms with Crippen LogP contribution in [0.4, 0.5) is 0 Å². The van der Waals surface area contributed by atoms with Crippen molar-refractivity contribution < 1.29 is 9.59 Å². The first-order valence-corrected chi connectivity index (χ1v) is 8.90. The summed E-state index contributed by atoms with van der Waals surface area (Å²) < 4.78 is 0. The number of carbonyl (C=O) groups is 2. The van der Waals surface area contributed by atoms with Crippen molar-refractivity contribution >= 4 is 11.8 Å². The van der Waals surface area contributed by atoms with Crippen molar-refractivity contribution in [3.63, 3.8) is 0 Å². The average molecular weight is 331 g/mol. The minimum absolute atomic E-state index is 0.0795. The molecule has 24 heavy (non-hydrogen) atoms. The van der Waals surface area contributed by atoms with Gasteiger partial charge in [-0.15, -0.1) is 0 Å². The molecule has 1 aliphatic carbocycles. The molecule has 1 fully saturated rings. The van der Waals surface area contributed by atoms with E-state index >= 15 is 0 Å². The molecule has 0 aliphatic heterocycles. The topological polar surface area (TPSA) is 61.4 Å². The minimum Gasteiger partial charge on any atom is -0.352 e. The number of carbonyl (C=O) groups excluding carboxylic acids is 2. The van der Waals surface area contributed by atoms with Gasteiger partial charge in [-0.05, 0) is 58.1 Å². The van der Waals surface area contributed by atoms with Crippen LogP contribution in [0.2, 0.25) is 0 Å². The molecule has 1 saturated carbocycles. The maximum Gasteiger partial charge on any atom is 0.251 e. The zero-order chi connectivity index (χ0) is 17.4. The third kappa shape index (κ3) is 5.96. The lowest BCUT2D eigenvalue weighted by Crippen LogP contribution is -2.36. The quantitative estimate of drug-likeness (QED) is 0.754. The van der Waals surface area contributed by atoms with Crippen LogP contribution in [0.25, 0.3) is 0 Å². The van der Waals surface area contributed by atoms with Crippen molar-refractivity contribution in [2.24, 2.45) is 0 Å². The van der Waals surface area contributed by atoms with Crippen LogP contribution >= 0.6 is 0 Å². The molecule has 0 saturated heterocycles. The number of amides is 2. The number of hydrogen-bond acceptors (Lipinski definition) is 3. The van der Waals surface area contributed by atoms with Gasteiger partial charge in [0.1, 0.15) is 0 Å². The van der Waals surface area contributed by atoms with E-state index in [1.54, 1.807) is 24.3 Å². The van der Waals surface area contributed by atoms with E-state index < -0.39 is 0 Å². The summed E-state index contributed by atoms with van der Waals surface area (Å²) in [5.74, 6) is -0.203. The Kier molecular flexibility index (Phi) is 7.25. The van der Waals surface area contributed by atoms with Gasteiger partial charge in [-0.1, -0.05) is 25.3 Å². The van der Waals surface area contributed by atoms with Gasteiger partial charge in [-0.2, -0.15) is 0 Å². The Labute approximate surface area is 144 Å². The number of benzene rings is 1. The first-order valence-electron chi connectivity index (χ1n) is 8.90.